The quantitative estimate of drug-likeness (QED) is 0.766. The smallest absolute Gasteiger partial charge is 0.193 e. The minimum absolute atomic E-state index is 0.0106. The number of carbonyl (C=O) groups excluding carboxylic acids is 2. The van der Waals surface area contributed by atoms with Crippen LogP contribution >= 0.6 is 0 Å². The molecule has 0 aliphatic rings. The van der Waals surface area contributed by atoms with Crippen molar-refractivity contribution >= 4 is 11.6 Å². The van der Waals surface area contributed by atoms with Gasteiger partial charge in [0, 0.05) is 23.5 Å². The van der Waals surface area contributed by atoms with Gasteiger partial charge >= 0.3 is 0 Å². The lowest BCUT2D eigenvalue weighted by molar-refractivity contribution is -0.119. The Kier molecular flexibility index (Phi) is 4.46. The third-order valence-electron chi connectivity index (χ3n) is 3.52. The Morgan fingerprint density at radius 1 is 0.950 bits per heavy atom. The van der Waals surface area contributed by atoms with Gasteiger partial charge in [-0.05, 0) is 11.6 Å². The van der Waals surface area contributed by atoms with Crippen LogP contribution in [0.2, 0.25) is 0 Å². The molecule has 102 valence electrons. The lowest BCUT2D eigenvalue weighted by atomic mass is 9.92. The lowest BCUT2D eigenvalue weighted by Gasteiger charge is -2.11. The largest absolute Gasteiger partial charge is 0.299 e. The van der Waals surface area contributed by atoms with Crippen LogP contribution in [0.15, 0.2) is 54.6 Å². The van der Waals surface area contributed by atoms with E-state index in [0.717, 1.165) is 5.56 Å². The summed E-state index contributed by atoms with van der Waals surface area (Å²) in [6.07, 6.45) is 0.512. The predicted octanol–water partition coefficient (Wildman–Crippen LogP) is 4.00. The van der Waals surface area contributed by atoms with Gasteiger partial charge in [0.2, 0.25) is 0 Å². The van der Waals surface area contributed by atoms with Crippen LogP contribution in [0.5, 0.6) is 0 Å². The number of rotatable bonds is 5. The van der Waals surface area contributed by atoms with E-state index in [-0.39, 0.29) is 17.5 Å². The van der Waals surface area contributed by atoms with Crippen LogP contribution in [0.1, 0.15) is 47.7 Å². The zero-order valence-corrected chi connectivity index (χ0v) is 11.8. The van der Waals surface area contributed by atoms with Crippen LogP contribution in [0.4, 0.5) is 0 Å². The zero-order chi connectivity index (χ0) is 14.5. The standard InChI is InChI=1S/C18H18O2/c1-3-17(19)13(2)15-10-7-11-16(12-15)18(20)14-8-5-4-6-9-14/h4-13H,3H2,1-2H3/t13-/m0/s1. The van der Waals surface area contributed by atoms with Gasteiger partial charge in [-0.3, -0.25) is 9.59 Å². The highest BCUT2D eigenvalue weighted by Gasteiger charge is 2.15. The van der Waals surface area contributed by atoms with Crippen LogP contribution in [0.3, 0.4) is 0 Å². The zero-order valence-electron chi connectivity index (χ0n) is 11.8. The molecule has 2 aromatic carbocycles. The van der Waals surface area contributed by atoms with Crippen molar-refractivity contribution in [3.05, 3.63) is 71.3 Å². The molecule has 0 aliphatic heterocycles. The molecular weight excluding hydrogens is 248 g/mol. The molecule has 0 saturated heterocycles. The first-order valence-corrected chi connectivity index (χ1v) is 6.86. The molecule has 1 atom stereocenters. The summed E-state index contributed by atoms with van der Waals surface area (Å²) in [6.45, 7) is 3.75. The van der Waals surface area contributed by atoms with Gasteiger partial charge in [0.25, 0.3) is 0 Å². The van der Waals surface area contributed by atoms with Crippen molar-refractivity contribution in [2.24, 2.45) is 0 Å². The summed E-state index contributed by atoms with van der Waals surface area (Å²) < 4.78 is 0. The van der Waals surface area contributed by atoms with E-state index < -0.39 is 0 Å². The van der Waals surface area contributed by atoms with Crippen molar-refractivity contribution in [2.75, 3.05) is 0 Å². The van der Waals surface area contributed by atoms with E-state index in [1.807, 2.05) is 50.2 Å². The van der Waals surface area contributed by atoms with E-state index in [4.69, 9.17) is 0 Å². The summed E-state index contributed by atoms with van der Waals surface area (Å²) in [6, 6.07) is 16.5. The van der Waals surface area contributed by atoms with Gasteiger partial charge in [-0.15, -0.1) is 0 Å². The molecule has 0 heterocycles. The van der Waals surface area contributed by atoms with Gasteiger partial charge in [0.1, 0.15) is 5.78 Å². The molecule has 0 spiro atoms. The van der Waals surface area contributed by atoms with E-state index in [9.17, 15) is 9.59 Å². The van der Waals surface area contributed by atoms with Gasteiger partial charge < -0.3 is 0 Å². The van der Waals surface area contributed by atoms with Gasteiger partial charge in [0.05, 0.1) is 0 Å². The number of benzene rings is 2. The molecule has 0 aliphatic carbocycles. The summed E-state index contributed by atoms with van der Waals surface area (Å²) in [5.74, 6) is 0.0152. The molecule has 2 rings (SSSR count). The van der Waals surface area contributed by atoms with Crippen LogP contribution in [0.25, 0.3) is 0 Å². The molecule has 20 heavy (non-hydrogen) atoms. The Morgan fingerprint density at radius 2 is 1.60 bits per heavy atom. The minimum Gasteiger partial charge on any atom is -0.299 e. The van der Waals surface area contributed by atoms with Crippen molar-refractivity contribution in [3.63, 3.8) is 0 Å². The predicted molar refractivity (Wildman–Crippen MR) is 80.0 cm³/mol. The lowest BCUT2D eigenvalue weighted by Crippen LogP contribution is -2.09. The Labute approximate surface area is 119 Å². The average Bonchev–Trinajstić information content (AvgIpc) is 2.53. The van der Waals surface area contributed by atoms with Crippen molar-refractivity contribution in [1.29, 1.82) is 0 Å². The molecule has 0 bridgehead atoms. The number of Topliss-reactive ketones (excluding diaryl/α,β-unsaturated/α-hetero) is 1. The molecule has 0 saturated carbocycles. The number of carbonyl (C=O) groups is 2. The second-order valence-electron chi connectivity index (χ2n) is 4.86. The molecule has 0 aromatic heterocycles. The van der Waals surface area contributed by atoms with Crippen LogP contribution < -0.4 is 0 Å². The van der Waals surface area contributed by atoms with Gasteiger partial charge in [-0.25, -0.2) is 0 Å². The topological polar surface area (TPSA) is 34.1 Å². The van der Waals surface area contributed by atoms with Crippen molar-refractivity contribution in [2.45, 2.75) is 26.2 Å². The molecule has 0 N–H and O–H groups in total. The van der Waals surface area contributed by atoms with Crippen molar-refractivity contribution in [3.8, 4) is 0 Å². The Balaban J connectivity index is 2.31. The second kappa shape index (κ2) is 6.29. The number of hydrogen-bond donors (Lipinski definition) is 0. The Morgan fingerprint density at radius 3 is 2.25 bits per heavy atom. The van der Waals surface area contributed by atoms with E-state index in [0.29, 0.717) is 17.5 Å². The van der Waals surface area contributed by atoms with Gasteiger partial charge in [-0.1, -0.05) is 62.4 Å². The average molecular weight is 266 g/mol. The first-order valence-electron chi connectivity index (χ1n) is 6.86. The maximum Gasteiger partial charge on any atom is 0.193 e. The van der Waals surface area contributed by atoms with Gasteiger partial charge in [-0.2, -0.15) is 0 Å². The van der Waals surface area contributed by atoms with E-state index >= 15 is 0 Å². The second-order valence-corrected chi connectivity index (χ2v) is 4.86. The number of ketones is 2. The normalized spacial score (nSPS) is 11.9. The highest BCUT2D eigenvalue weighted by atomic mass is 16.1. The van der Waals surface area contributed by atoms with Crippen molar-refractivity contribution < 1.29 is 9.59 Å². The van der Waals surface area contributed by atoms with Crippen LogP contribution in [0, 0.1) is 0 Å². The third-order valence-corrected chi connectivity index (χ3v) is 3.52. The van der Waals surface area contributed by atoms with E-state index in [1.54, 1.807) is 18.2 Å². The first kappa shape index (κ1) is 14.2. The SMILES string of the molecule is CCC(=O)[C@@H](C)c1cccc(C(=O)c2ccccc2)c1. The van der Waals surface area contributed by atoms with Gasteiger partial charge in [0.15, 0.2) is 5.78 Å². The molecule has 2 heteroatoms. The molecule has 2 aromatic rings. The molecule has 2 nitrogen and oxygen atoms in total. The maximum absolute atomic E-state index is 12.4. The minimum atomic E-state index is -0.163. The summed E-state index contributed by atoms with van der Waals surface area (Å²) in [7, 11) is 0. The fourth-order valence-electron chi connectivity index (χ4n) is 2.20. The fourth-order valence-corrected chi connectivity index (χ4v) is 2.20. The molecule has 0 fully saturated rings. The van der Waals surface area contributed by atoms with E-state index in [1.165, 1.54) is 0 Å². The highest BCUT2D eigenvalue weighted by molar-refractivity contribution is 6.09. The summed E-state index contributed by atoms with van der Waals surface area (Å²) in [4.78, 5) is 24.2. The maximum atomic E-state index is 12.4. The molecular formula is C18H18O2. The first-order chi connectivity index (χ1) is 9.63. The summed E-state index contributed by atoms with van der Waals surface area (Å²) in [5.41, 5.74) is 2.20. The van der Waals surface area contributed by atoms with Crippen molar-refractivity contribution in [1.82, 2.24) is 0 Å². The monoisotopic (exact) mass is 266 g/mol. The van der Waals surface area contributed by atoms with Crippen LogP contribution in [-0.2, 0) is 4.79 Å². The Bertz CT molecular complexity index is 614. The fraction of sp³-hybridized carbons (Fsp3) is 0.222. The third kappa shape index (κ3) is 3.02. The van der Waals surface area contributed by atoms with Crippen LogP contribution in [-0.4, -0.2) is 11.6 Å². The molecule has 0 unspecified atom stereocenters. The molecule has 0 radical (unpaired) electrons. The van der Waals surface area contributed by atoms with E-state index in [2.05, 4.69) is 0 Å². The Hall–Kier alpha value is -2.22. The molecule has 0 amide bonds. The summed E-state index contributed by atoms with van der Waals surface area (Å²) >= 11 is 0. The highest BCUT2D eigenvalue weighted by Crippen LogP contribution is 2.20. The summed E-state index contributed by atoms with van der Waals surface area (Å²) in [5, 5.41) is 0. The number of hydrogen-bond acceptors (Lipinski definition) is 2.